The van der Waals surface area contributed by atoms with Gasteiger partial charge in [-0.2, -0.15) is 5.48 Å². The number of carbonyl (C=O) groups excluding carboxylic acids is 2. The molecular formula is C32H40N2O6. The van der Waals surface area contributed by atoms with Crippen LogP contribution in [-0.2, 0) is 15.0 Å². The van der Waals surface area contributed by atoms with E-state index in [9.17, 15) is 14.7 Å². The van der Waals surface area contributed by atoms with Gasteiger partial charge in [-0.3, -0.25) is 4.79 Å². The van der Waals surface area contributed by atoms with Crippen molar-refractivity contribution in [2.75, 3.05) is 20.8 Å². The summed E-state index contributed by atoms with van der Waals surface area (Å²) in [5.41, 5.74) is 9.72. The number of nitrogens with two attached hydrogens (primary N) is 1. The molecule has 1 amide bonds. The van der Waals surface area contributed by atoms with Crippen LogP contribution >= 0.6 is 0 Å². The zero-order valence-corrected chi connectivity index (χ0v) is 23.5. The standard InChI is InChI=1S/C32H40N2O6/c1-4-8-30(36)34-40-31(37)23-10-12-24(13-11-23)32(29(35)9-6-5-7-22-33,25-14-18-27(38-2)19-15-25)26-16-20-28(39-3)21-17-26/h10-21,29,35H,4-9,22,33H2,1-3H3,(H,34,36). The number of aliphatic hydroxyl groups excluding tert-OH is 1. The van der Waals surface area contributed by atoms with Crippen molar-refractivity contribution in [3.8, 4) is 11.5 Å². The number of hydrogen-bond donors (Lipinski definition) is 3. The highest BCUT2D eigenvalue weighted by Gasteiger charge is 2.43. The third-order valence-corrected chi connectivity index (χ3v) is 7.08. The average molecular weight is 549 g/mol. The van der Waals surface area contributed by atoms with Crippen LogP contribution in [0.1, 0.15) is 72.5 Å². The number of ether oxygens (including phenoxy) is 2. The molecule has 4 N–H and O–H groups in total. The molecule has 0 radical (unpaired) electrons. The van der Waals surface area contributed by atoms with E-state index < -0.39 is 17.5 Å². The number of benzene rings is 3. The summed E-state index contributed by atoms with van der Waals surface area (Å²) in [5, 5.41) is 12.0. The predicted molar refractivity (Wildman–Crippen MR) is 154 cm³/mol. The first kappa shape index (κ1) is 30.7. The zero-order valence-electron chi connectivity index (χ0n) is 23.5. The average Bonchev–Trinajstić information content (AvgIpc) is 2.99. The molecule has 3 rings (SSSR count). The number of rotatable bonds is 14. The van der Waals surface area contributed by atoms with E-state index in [1.54, 1.807) is 26.4 Å². The van der Waals surface area contributed by atoms with E-state index in [1.807, 2.05) is 67.6 Å². The van der Waals surface area contributed by atoms with E-state index in [0.717, 1.165) is 36.0 Å². The van der Waals surface area contributed by atoms with Crippen LogP contribution in [0.2, 0.25) is 0 Å². The van der Waals surface area contributed by atoms with Gasteiger partial charge in [-0.05, 0) is 78.9 Å². The van der Waals surface area contributed by atoms with Crippen molar-refractivity contribution in [1.82, 2.24) is 5.48 Å². The van der Waals surface area contributed by atoms with Gasteiger partial charge in [0, 0.05) is 6.42 Å². The summed E-state index contributed by atoms with van der Waals surface area (Å²) in [5.74, 6) is 0.377. The van der Waals surface area contributed by atoms with Crippen molar-refractivity contribution in [3.05, 3.63) is 95.1 Å². The highest BCUT2D eigenvalue weighted by molar-refractivity contribution is 5.90. The van der Waals surface area contributed by atoms with E-state index >= 15 is 0 Å². The topological polar surface area (TPSA) is 120 Å². The maximum absolute atomic E-state index is 12.6. The molecule has 0 aliphatic carbocycles. The monoisotopic (exact) mass is 548 g/mol. The summed E-state index contributed by atoms with van der Waals surface area (Å²) < 4.78 is 10.8. The Morgan fingerprint density at radius 2 is 1.32 bits per heavy atom. The van der Waals surface area contributed by atoms with Gasteiger partial charge in [0.25, 0.3) is 5.91 Å². The first-order valence-electron chi connectivity index (χ1n) is 13.7. The molecule has 0 aliphatic rings. The number of aliphatic hydroxyl groups is 1. The molecule has 0 spiro atoms. The summed E-state index contributed by atoms with van der Waals surface area (Å²) in [6, 6.07) is 22.3. The second-order valence-electron chi connectivity index (χ2n) is 9.66. The fourth-order valence-electron chi connectivity index (χ4n) is 4.97. The van der Waals surface area contributed by atoms with Crippen LogP contribution < -0.4 is 20.7 Å². The third-order valence-electron chi connectivity index (χ3n) is 7.08. The molecule has 0 heterocycles. The molecule has 8 nitrogen and oxygen atoms in total. The van der Waals surface area contributed by atoms with Crippen LogP contribution in [-0.4, -0.2) is 43.9 Å². The first-order valence-corrected chi connectivity index (χ1v) is 13.7. The summed E-state index contributed by atoms with van der Waals surface area (Å²) in [6.45, 7) is 2.47. The quantitative estimate of drug-likeness (QED) is 0.149. The maximum Gasteiger partial charge on any atom is 0.362 e. The van der Waals surface area contributed by atoms with Crippen LogP contribution in [0.3, 0.4) is 0 Å². The summed E-state index contributed by atoms with van der Waals surface area (Å²) in [6.07, 6.45) is 3.23. The summed E-state index contributed by atoms with van der Waals surface area (Å²) in [4.78, 5) is 29.3. The Bertz CT molecular complexity index is 1160. The smallest absolute Gasteiger partial charge is 0.362 e. The lowest BCUT2D eigenvalue weighted by molar-refractivity contribution is -0.130. The molecule has 0 saturated heterocycles. The van der Waals surface area contributed by atoms with E-state index in [4.69, 9.17) is 20.0 Å². The van der Waals surface area contributed by atoms with Crippen molar-refractivity contribution < 1.29 is 29.0 Å². The molecule has 3 aromatic carbocycles. The second-order valence-corrected chi connectivity index (χ2v) is 9.66. The van der Waals surface area contributed by atoms with Gasteiger partial charge in [-0.25, -0.2) is 4.79 Å². The Hall–Kier alpha value is -3.88. The minimum absolute atomic E-state index is 0.266. The van der Waals surface area contributed by atoms with E-state index in [0.29, 0.717) is 30.9 Å². The number of carbonyl (C=O) groups is 2. The van der Waals surface area contributed by atoms with Crippen molar-refractivity contribution in [2.45, 2.75) is 57.0 Å². The fraction of sp³-hybridized carbons (Fsp3) is 0.375. The summed E-state index contributed by atoms with van der Waals surface area (Å²) in [7, 11) is 3.22. The second kappa shape index (κ2) is 15.1. The minimum atomic E-state index is -0.973. The van der Waals surface area contributed by atoms with Crippen LogP contribution in [0.15, 0.2) is 72.8 Å². The van der Waals surface area contributed by atoms with E-state index in [-0.39, 0.29) is 17.9 Å². The van der Waals surface area contributed by atoms with Crippen LogP contribution in [0.25, 0.3) is 0 Å². The summed E-state index contributed by atoms with van der Waals surface area (Å²) >= 11 is 0. The van der Waals surface area contributed by atoms with Crippen LogP contribution in [0.5, 0.6) is 11.5 Å². The molecule has 214 valence electrons. The third kappa shape index (κ3) is 7.20. The molecule has 1 unspecified atom stereocenters. The largest absolute Gasteiger partial charge is 0.497 e. The Morgan fingerprint density at radius 3 is 1.77 bits per heavy atom. The lowest BCUT2D eigenvalue weighted by Crippen LogP contribution is -2.42. The Kier molecular flexibility index (Phi) is 11.5. The van der Waals surface area contributed by atoms with Gasteiger partial charge < -0.3 is 25.2 Å². The fourth-order valence-corrected chi connectivity index (χ4v) is 4.97. The van der Waals surface area contributed by atoms with Crippen molar-refractivity contribution in [1.29, 1.82) is 0 Å². The van der Waals surface area contributed by atoms with Crippen LogP contribution in [0, 0.1) is 0 Å². The zero-order chi connectivity index (χ0) is 29.0. The number of amides is 1. The highest BCUT2D eigenvalue weighted by atomic mass is 16.7. The molecule has 0 bridgehead atoms. The van der Waals surface area contributed by atoms with E-state index in [2.05, 4.69) is 5.48 Å². The number of hydrogen-bond acceptors (Lipinski definition) is 7. The number of unbranched alkanes of at least 4 members (excludes halogenated alkanes) is 2. The molecule has 3 aromatic rings. The number of nitrogens with one attached hydrogen (secondary N) is 1. The lowest BCUT2D eigenvalue weighted by Gasteiger charge is -2.40. The molecule has 0 saturated carbocycles. The van der Waals surface area contributed by atoms with Gasteiger partial charge in [0.2, 0.25) is 0 Å². The number of methoxy groups -OCH3 is 2. The van der Waals surface area contributed by atoms with Crippen molar-refractivity contribution in [3.63, 3.8) is 0 Å². The van der Waals surface area contributed by atoms with Crippen molar-refractivity contribution in [2.24, 2.45) is 5.73 Å². The van der Waals surface area contributed by atoms with Gasteiger partial charge in [0.05, 0.1) is 31.3 Å². The lowest BCUT2D eigenvalue weighted by atomic mass is 9.64. The molecule has 0 aromatic heterocycles. The van der Waals surface area contributed by atoms with Gasteiger partial charge in [-0.15, -0.1) is 0 Å². The Morgan fingerprint density at radius 1 is 0.825 bits per heavy atom. The molecular weight excluding hydrogens is 508 g/mol. The van der Waals surface area contributed by atoms with Gasteiger partial charge in [0.15, 0.2) is 0 Å². The van der Waals surface area contributed by atoms with Gasteiger partial charge in [0.1, 0.15) is 11.5 Å². The van der Waals surface area contributed by atoms with Crippen molar-refractivity contribution >= 4 is 11.9 Å². The SMILES string of the molecule is CCCC(=O)NOC(=O)c1ccc(C(c2ccc(OC)cc2)(c2ccc(OC)cc2)C(O)CCCCCN)cc1. The Labute approximate surface area is 236 Å². The molecule has 8 heteroatoms. The number of hydroxylamine groups is 1. The highest BCUT2D eigenvalue weighted by Crippen LogP contribution is 2.45. The van der Waals surface area contributed by atoms with Crippen LogP contribution in [0.4, 0.5) is 0 Å². The molecule has 40 heavy (non-hydrogen) atoms. The first-order chi connectivity index (χ1) is 19.4. The van der Waals surface area contributed by atoms with Gasteiger partial charge in [-0.1, -0.05) is 56.2 Å². The normalized spacial score (nSPS) is 11.9. The predicted octanol–water partition coefficient (Wildman–Crippen LogP) is 4.91. The maximum atomic E-state index is 12.6. The molecule has 0 fully saturated rings. The molecule has 1 atom stereocenters. The molecule has 0 aliphatic heterocycles. The minimum Gasteiger partial charge on any atom is -0.497 e. The van der Waals surface area contributed by atoms with E-state index in [1.165, 1.54) is 0 Å². The Balaban J connectivity index is 2.10. The van der Waals surface area contributed by atoms with Gasteiger partial charge >= 0.3 is 5.97 Å².